The van der Waals surface area contributed by atoms with E-state index < -0.39 is 9.84 Å². The highest BCUT2D eigenvalue weighted by molar-refractivity contribution is 7.90. The standard InChI is InChI=1S/C17H18ClN5O2S/c1-11-15(23-9-13(18)3-4-16(23)20-11)10-22-6-5-14-12(8-22)7-19-17(21-14)26(2,24)25/h3-4,7,9H,5-6,8,10H2,1-2H3. The summed E-state index contributed by atoms with van der Waals surface area (Å²) in [6, 6.07) is 3.74. The molecule has 1 aliphatic heterocycles. The van der Waals surface area contributed by atoms with Gasteiger partial charge in [0.25, 0.3) is 0 Å². The summed E-state index contributed by atoms with van der Waals surface area (Å²) in [6.07, 6.45) is 5.33. The van der Waals surface area contributed by atoms with Crippen LogP contribution in [0.1, 0.15) is 22.6 Å². The fraction of sp³-hybridized carbons (Fsp3) is 0.353. The number of pyridine rings is 1. The number of hydrogen-bond acceptors (Lipinski definition) is 6. The number of rotatable bonds is 3. The van der Waals surface area contributed by atoms with Crippen LogP contribution in [-0.2, 0) is 29.3 Å². The van der Waals surface area contributed by atoms with Gasteiger partial charge in [-0.2, -0.15) is 0 Å². The molecule has 0 unspecified atom stereocenters. The van der Waals surface area contributed by atoms with Gasteiger partial charge in [-0.05, 0) is 19.1 Å². The summed E-state index contributed by atoms with van der Waals surface area (Å²) in [4.78, 5) is 15.1. The second-order valence-electron chi connectivity index (χ2n) is 6.58. The Hall–Kier alpha value is -2.03. The van der Waals surface area contributed by atoms with Crippen molar-refractivity contribution in [2.24, 2.45) is 0 Å². The van der Waals surface area contributed by atoms with Crippen LogP contribution in [0, 0.1) is 6.92 Å². The maximum absolute atomic E-state index is 11.6. The van der Waals surface area contributed by atoms with Crippen LogP contribution < -0.4 is 0 Å². The molecule has 0 amide bonds. The maximum Gasteiger partial charge on any atom is 0.246 e. The lowest BCUT2D eigenvalue weighted by Crippen LogP contribution is -2.32. The monoisotopic (exact) mass is 391 g/mol. The van der Waals surface area contributed by atoms with Gasteiger partial charge in [0.15, 0.2) is 0 Å². The van der Waals surface area contributed by atoms with Crippen LogP contribution in [0.15, 0.2) is 29.7 Å². The molecule has 26 heavy (non-hydrogen) atoms. The SMILES string of the molecule is Cc1nc2ccc(Cl)cn2c1CN1CCc2nc(S(C)(=O)=O)ncc2C1. The van der Waals surface area contributed by atoms with Crippen LogP contribution in [-0.4, -0.2) is 45.5 Å². The first kappa shape index (κ1) is 17.4. The van der Waals surface area contributed by atoms with Gasteiger partial charge in [-0.15, -0.1) is 0 Å². The van der Waals surface area contributed by atoms with Crippen molar-refractivity contribution in [3.8, 4) is 0 Å². The number of aromatic nitrogens is 4. The van der Waals surface area contributed by atoms with Crippen LogP contribution in [0.2, 0.25) is 5.02 Å². The van der Waals surface area contributed by atoms with E-state index in [0.29, 0.717) is 18.0 Å². The van der Waals surface area contributed by atoms with Gasteiger partial charge in [0.2, 0.25) is 15.0 Å². The van der Waals surface area contributed by atoms with Gasteiger partial charge in [0.1, 0.15) is 5.65 Å². The van der Waals surface area contributed by atoms with Crippen molar-refractivity contribution < 1.29 is 8.42 Å². The Labute approximate surface area is 156 Å². The minimum absolute atomic E-state index is 0.100. The normalized spacial score (nSPS) is 15.3. The molecule has 1 aliphatic rings. The zero-order valence-electron chi connectivity index (χ0n) is 14.5. The van der Waals surface area contributed by atoms with Crippen molar-refractivity contribution in [3.05, 3.63) is 52.2 Å². The molecule has 0 atom stereocenters. The first-order valence-electron chi connectivity index (χ1n) is 8.21. The van der Waals surface area contributed by atoms with Gasteiger partial charge in [-0.3, -0.25) is 4.90 Å². The van der Waals surface area contributed by atoms with E-state index in [1.807, 2.05) is 29.7 Å². The minimum atomic E-state index is -3.38. The maximum atomic E-state index is 11.6. The Bertz CT molecular complexity index is 1110. The summed E-state index contributed by atoms with van der Waals surface area (Å²) in [6.45, 7) is 4.18. The molecule has 0 spiro atoms. The lowest BCUT2D eigenvalue weighted by atomic mass is 10.1. The van der Waals surface area contributed by atoms with E-state index in [0.717, 1.165) is 47.6 Å². The van der Waals surface area contributed by atoms with Crippen molar-refractivity contribution in [2.75, 3.05) is 12.8 Å². The smallest absolute Gasteiger partial charge is 0.246 e. The van der Waals surface area contributed by atoms with E-state index in [-0.39, 0.29) is 5.16 Å². The number of fused-ring (bicyclic) bond motifs is 2. The summed E-state index contributed by atoms with van der Waals surface area (Å²) in [7, 11) is -3.38. The van der Waals surface area contributed by atoms with Gasteiger partial charge in [0.05, 0.1) is 22.1 Å². The molecule has 9 heteroatoms. The molecule has 0 N–H and O–H groups in total. The Morgan fingerprint density at radius 2 is 2.08 bits per heavy atom. The van der Waals surface area contributed by atoms with E-state index in [1.54, 1.807) is 6.20 Å². The van der Waals surface area contributed by atoms with Gasteiger partial charge >= 0.3 is 0 Å². The first-order valence-corrected chi connectivity index (χ1v) is 10.5. The van der Waals surface area contributed by atoms with Gasteiger partial charge in [-0.1, -0.05) is 11.6 Å². The average Bonchev–Trinajstić information content (AvgIpc) is 2.89. The highest BCUT2D eigenvalue weighted by Gasteiger charge is 2.22. The number of halogens is 1. The second kappa shape index (κ2) is 6.29. The molecule has 7 nitrogen and oxygen atoms in total. The van der Waals surface area contributed by atoms with Gasteiger partial charge in [-0.25, -0.2) is 23.4 Å². The Balaban J connectivity index is 1.61. The molecule has 0 radical (unpaired) electrons. The van der Waals surface area contributed by atoms with Crippen molar-refractivity contribution in [3.63, 3.8) is 0 Å². The highest BCUT2D eigenvalue weighted by atomic mass is 35.5. The quantitative estimate of drug-likeness (QED) is 0.635. The van der Waals surface area contributed by atoms with Gasteiger partial charge < -0.3 is 4.40 Å². The summed E-state index contributed by atoms with van der Waals surface area (Å²) in [5, 5.41) is 0.568. The van der Waals surface area contributed by atoms with Crippen LogP contribution in [0.25, 0.3) is 5.65 Å². The van der Waals surface area contributed by atoms with E-state index >= 15 is 0 Å². The van der Waals surface area contributed by atoms with E-state index in [1.165, 1.54) is 0 Å². The summed E-state index contributed by atoms with van der Waals surface area (Å²) in [5.74, 6) is 0. The molecule has 136 valence electrons. The number of hydrogen-bond donors (Lipinski definition) is 0. The van der Waals surface area contributed by atoms with Crippen LogP contribution in [0.3, 0.4) is 0 Å². The van der Waals surface area contributed by atoms with Crippen molar-refractivity contribution in [1.29, 1.82) is 0 Å². The summed E-state index contributed by atoms with van der Waals surface area (Å²) >= 11 is 6.13. The molecule has 0 saturated heterocycles. The van der Waals surface area contributed by atoms with E-state index in [4.69, 9.17) is 11.6 Å². The molecule has 0 aliphatic carbocycles. The Kier molecular flexibility index (Phi) is 4.21. The Morgan fingerprint density at radius 1 is 1.27 bits per heavy atom. The topological polar surface area (TPSA) is 80.5 Å². The fourth-order valence-corrected chi connectivity index (χ4v) is 3.94. The third-order valence-electron chi connectivity index (χ3n) is 4.58. The lowest BCUT2D eigenvalue weighted by Gasteiger charge is -2.28. The number of sulfone groups is 1. The molecule has 4 heterocycles. The number of aryl methyl sites for hydroxylation is 1. The zero-order chi connectivity index (χ0) is 18.5. The van der Waals surface area contributed by atoms with Gasteiger partial charge in [0, 0.05) is 50.3 Å². The minimum Gasteiger partial charge on any atom is -0.301 e. The van der Waals surface area contributed by atoms with Crippen LogP contribution in [0.5, 0.6) is 0 Å². The predicted molar refractivity (Wildman–Crippen MR) is 97.9 cm³/mol. The second-order valence-corrected chi connectivity index (χ2v) is 8.92. The van der Waals surface area contributed by atoms with Crippen molar-refractivity contribution in [2.45, 2.75) is 31.6 Å². The molecule has 0 fully saturated rings. The third-order valence-corrected chi connectivity index (χ3v) is 5.66. The number of nitrogens with zero attached hydrogens (tertiary/aromatic N) is 5. The predicted octanol–water partition coefficient (Wildman–Crippen LogP) is 2.05. The molecule has 4 rings (SSSR count). The first-order chi connectivity index (χ1) is 12.3. The molecular formula is C17H18ClN5O2S. The molecule has 0 saturated carbocycles. The number of imidazole rings is 1. The molecular weight excluding hydrogens is 374 g/mol. The third kappa shape index (κ3) is 3.20. The molecule has 0 aromatic carbocycles. The lowest BCUT2D eigenvalue weighted by molar-refractivity contribution is 0.238. The molecule has 3 aromatic rings. The highest BCUT2D eigenvalue weighted by Crippen LogP contribution is 2.22. The Morgan fingerprint density at radius 3 is 2.85 bits per heavy atom. The van der Waals surface area contributed by atoms with Crippen LogP contribution >= 0.6 is 11.6 Å². The fourth-order valence-electron chi connectivity index (χ4n) is 3.26. The van der Waals surface area contributed by atoms with Crippen molar-refractivity contribution in [1.82, 2.24) is 24.3 Å². The van der Waals surface area contributed by atoms with Crippen molar-refractivity contribution >= 4 is 27.1 Å². The average molecular weight is 392 g/mol. The van der Waals surface area contributed by atoms with E-state index in [2.05, 4.69) is 19.9 Å². The molecule has 3 aromatic heterocycles. The largest absolute Gasteiger partial charge is 0.301 e. The summed E-state index contributed by atoms with van der Waals surface area (Å²) in [5.41, 5.74) is 4.73. The summed E-state index contributed by atoms with van der Waals surface area (Å²) < 4.78 is 25.3. The molecule has 0 bridgehead atoms. The zero-order valence-corrected chi connectivity index (χ0v) is 16.0. The van der Waals surface area contributed by atoms with Crippen LogP contribution in [0.4, 0.5) is 0 Å². The van der Waals surface area contributed by atoms with E-state index in [9.17, 15) is 8.42 Å².